The van der Waals surface area contributed by atoms with Crippen molar-refractivity contribution >= 4 is 12.4 Å². The lowest BCUT2D eigenvalue weighted by Gasteiger charge is -2.02. The second-order valence-electron chi connectivity index (χ2n) is 3.90. The summed E-state index contributed by atoms with van der Waals surface area (Å²) >= 11 is 0. The number of hydrogen-bond acceptors (Lipinski definition) is 4. The van der Waals surface area contributed by atoms with Gasteiger partial charge in [-0.3, -0.25) is 0 Å². The first-order chi connectivity index (χ1) is 9.28. The molecule has 0 aliphatic heterocycles. The van der Waals surface area contributed by atoms with E-state index in [0.29, 0.717) is 12.3 Å². The summed E-state index contributed by atoms with van der Waals surface area (Å²) in [7, 11) is 0. The van der Waals surface area contributed by atoms with Crippen molar-refractivity contribution < 1.29 is 9.13 Å². The van der Waals surface area contributed by atoms with E-state index in [9.17, 15) is 4.39 Å². The quantitative estimate of drug-likeness (QED) is 0.887. The number of allylic oxidation sites excluding steroid dienone is 1. The standard InChI is InChI=1S/C13H15FN4O.ClH/c14-11(6-7-15)8-18-9-12(16-17-18)10-19-13-4-2-1-3-5-13;/h1-6,9H,7-8,10,15H2;1H/b11-6-;. The summed E-state index contributed by atoms with van der Waals surface area (Å²) in [5, 5.41) is 7.72. The summed E-state index contributed by atoms with van der Waals surface area (Å²) in [5.41, 5.74) is 5.86. The highest BCUT2D eigenvalue weighted by Gasteiger charge is 2.03. The van der Waals surface area contributed by atoms with Crippen LogP contribution in [-0.4, -0.2) is 21.5 Å². The van der Waals surface area contributed by atoms with Crippen LogP contribution in [0.25, 0.3) is 0 Å². The number of benzene rings is 1. The van der Waals surface area contributed by atoms with E-state index in [2.05, 4.69) is 10.3 Å². The molecule has 1 aromatic heterocycles. The van der Waals surface area contributed by atoms with Crippen molar-refractivity contribution in [2.45, 2.75) is 13.2 Å². The fraction of sp³-hybridized carbons (Fsp3) is 0.231. The Bertz CT molecular complexity index is 544. The summed E-state index contributed by atoms with van der Waals surface area (Å²) in [6, 6.07) is 9.40. The van der Waals surface area contributed by atoms with Gasteiger partial charge in [-0.1, -0.05) is 23.4 Å². The Morgan fingerprint density at radius 2 is 2.10 bits per heavy atom. The van der Waals surface area contributed by atoms with Gasteiger partial charge in [0.05, 0.1) is 12.7 Å². The van der Waals surface area contributed by atoms with Crippen molar-refractivity contribution in [3.05, 3.63) is 54.1 Å². The topological polar surface area (TPSA) is 66.0 Å². The summed E-state index contributed by atoms with van der Waals surface area (Å²) < 4.78 is 20.1. The molecule has 0 saturated carbocycles. The molecule has 2 N–H and O–H groups in total. The molecule has 0 radical (unpaired) electrons. The predicted octanol–water partition coefficient (Wildman–Crippen LogP) is 2.09. The monoisotopic (exact) mass is 298 g/mol. The molecule has 108 valence electrons. The van der Waals surface area contributed by atoms with Gasteiger partial charge < -0.3 is 10.5 Å². The molecule has 0 aliphatic rings. The van der Waals surface area contributed by atoms with Crippen LogP contribution in [-0.2, 0) is 13.2 Å². The van der Waals surface area contributed by atoms with Gasteiger partial charge in [0.1, 0.15) is 23.9 Å². The molecule has 0 spiro atoms. The number of nitrogens with zero attached hydrogens (tertiary/aromatic N) is 3. The van der Waals surface area contributed by atoms with Crippen molar-refractivity contribution in [2.24, 2.45) is 5.73 Å². The number of para-hydroxylation sites is 1. The summed E-state index contributed by atoms with van der Waals surface area (Å²) in [6.07, 6.45) is 2.95. The fourth-order valence-corrected chi connectivity index (χ4v) is 1.50. The maximum atomic E-state index is 13.2. The molecule has 0 aliphatic carbocycles. The predicted molar refractivity (Wildman–Crippen MR) is 76.3 cm³/mol. The summed E-state index contributed by atoms with van der Waals surface area (Å²) in [6.45, 7) is 0.506. The van der Waals surface area contributed by atoms with Gasteiger partial charge in [-0.15, -0.1) is 17.5 Å². The highest BCUT2D eigenvalue weighted by atomic mass is 35.5. The zero-order chi connectivity index (χ0) is 13.5. The molecule has 0 atom stereocenters. The number of halogens is 2. The largest absolute Gasteiger partial charge is 0.487 e. The molecule has 1 aromatic carbocycles. The first kappa shape index (κ1) is 16.1. The van der Waals surface area contributed by atoms with Gasteiger partial charge in [0, 0.05) is 6.54 Å². The van der Waals surface area contributed by atoms with Crippen molar-refractivity contribution in [3.63, 3.8) is 0 Å². The molecular formula is C13H16ClFN4O. The van der Waals surface area contributed by atoms with Gasteiger partial charge in [0.25, 0.3) is 0 Å². The highest BCUT2D eigenvalue weighted by Crippen LogP contribution is 2.10. The van der Waals surface area contributed by atoms with Crippen LogP contribution in [0.15, 0.2) is 48.4 Å². The smallest absolute Gasteiger partial charge is 0.134 e. The van der Waals surface area contributed by atoms with Gasteiger partial charge in [0.2, 0.25) is 0 Å². The fourth-order valence-electron chi connectivity index (χ4n) is 1.50. The maximum Gasteiger partial charge on any atom is 0.134 e. The number of hydrogen-bond donors (Lipinski definition) is 1. The Balaban J connectivity index is 0.00000200. The SMILES string of the molecule is Cl.NC/C=C(\F)Cn1cc(COc2ccccc2)nn1. The van der Waals surface area contributed by atoms with Gasteiger partial charge in [-0.05, 0) is 18.2 Å². The van der Waals surface area contributed by atoms with E-state index < -0.39 is 0 Å². The molecule has 20 heavy (non-hydrogen) atoms. The van der Waals surface area contributed by atoms with Crippen molar-refractivity contribution in [1.29, 1.82) is 0 Å². The molecule has 0 bridgehead atoms. The van der Waals surface area contributed by atoms with E-state index in [0.717, 1.165) is 5.75 Å². The third kappa shape index (κ3) is 4.99. The van der Waals surface area contributed by atoms with Crippen LogP contribution in [0.2, 0.25) is 0 Å². The first-order valence-corrected chi connectivity index (χ1v) is 5.89. The van der Waals surface area contributed by atoms with Crippen LogP contribution in [0, 0.1) is 0 Å². The van der Waals surface area contributed by atoms with Crippen LogP contribution in [0.5, 0.6) is 5.75 Å². The summed E-state index contributed by atoms with van der Waals surface area (Å²) in [5.74, 6) is 0.425. The lowest BCUT2D eigenvalue weighted by Crippen LogP contribution is -2.02. The zero-order valence-corrected chi connectivity index (χ0v) is 11.6. The maximum absolute atomic E-state index is 13.2. The molecule has 2 aromatic rings. The Morgan fingerprint density at radius 1 is 1.35 bits per heavy atom. The minimum absolute atomic E-state index is 0. The lowest BCUT2D eigenvalue weighted by atomic mass is 10.3. The molecular weight excluding hydrogens is 283 g/mol. The Kier molecular flexibility index (Phi) is 6.69. The Hall–Kier alpha value is -1.92. The van der Waals surface area contributed by atoms with Gasteiger partial charge in [-0.25, -0.2) is 9.07 Å². The molecule has 1 heterocycles. The van der Waals surface area contributed by atoms with Gasteiger partial charge >= 0.3 is 0 Å². The van der Waals surface area contributed by atoms with Crippen LogP contribution >= 0.6 is 12.4 Å². The van der Waals surface area contributed by atoms with Crippen molar-refractivity contribution in [2.75, 3.05) is 6.54 Å². The molecule has 0 amide bonds. The second kappa shape index (κ2) is 8.29. The minimum Gasteiger partial charge on any atom is -0.487 e. The van der Waals surface area contributed by atoms with Crippen molar-refractivity contribution in [1.82, 2.24) is 15.0 Å². The number of nitrogens with two attached hydrogens (primary N) is 1. The van der Waals surface area contributed by atoms with Crippen molar-refractivity contribution in [3.8, 4) is 5.75 Å². The van der Waals surface area contributed by atoms with Crippen LogP contribution in [0.4, 0.5) is 4.39 Å². The molecule has 2 rings (SSSR count). The van der Waals surface area contributed by atoms with E-state index in [-0.39, 0.29) is 31.3 Å². The molecule has 5 nitrogen and oxygen atoms in total. The number of aromatic nitrogens is 3. The highest BCUT2D eigenvalue weighted by molar-refractivity contribution is 5.85. The van der Waals surface area contributed by atoms with Crippen LogP contribution in [0.1, 0.15) is 5.69 Å². The van der Waals surface area contributed by atoms with E-state index in [1.165, 1.54) is 10.8 Å². The third-order valence-corrected chi connectivity index (χ3v) is 2.37. The Morgan fingerprint density at radius 3 is 2.80 bits per heavy atom. The molecule has 0 saturated heterocycles. The third-order valence-electron chi connectivity index (χ3n) is 2.37. The van der Waals surface area contributed by atoms with Crippen LogP contribution in [0.3, 0.4) is 0 Å². The second-order valence-corrected chi connectivity index (χ2v) is 3.90. The average molecular weight is 299 g/mol. The molecule has 7 heteroatoms. The van der Waals surface area contributed by atoms with E-state index in [1.54, 1.807) is 6.20 Å². The lowest BCUT2D eigenvalue weighted by molar-refractivity contribution is 0.301. The van der Waals surface area contributed by atoms with E-state index >= 15 is 0 Å². The first-order valence-electron chi connectivity index (χ1n) is 5.89. The van der Waals surface area contributed by atoms with Crippen LogP contribution < -0.4 is 10.5 Å². The summed E-state index contributed by atoms with van der Waals surface area (Å²) in [4.78, 5) is 0. The number of rotatable bonds is 6. The Labute approximate surface area is 122 Å². The average Bonchev–Trinajstić information content (AvgIpc) is 2.85. The zero-order valence-electron chi connectivity index (χ0n) is 10.8. The van der Waals surface area contributed by atoms with E-state index in [4.69, 9.17) is 10.5 Å². The number of ether oxygens (including phenoxy) is 1. The molecule has 0 unspecified atom stereocenters. The van der Waals surface area contributed by atoms with Gasteiger partial charge in [-0.2, -0.15) is 0 Å². The minimum atomic E-state index is -0.331. The van der Waals surface area contributed by atoms with Gasteiger partial charge in [0.15, 0.2) is 0 Å². The normalized spacial score (nSPS) is 11.0. The molecule has 0 fully saturated rings. The van der Waals surface area contributed by atoms with E-state index in [1.807, 2.05) is 30.3 Å².